The third-order valence-corrected chi connectivity index (χ3v) is 4.87. The summed E-state index contributed by atoms with van der Waals surface area (Å²) in [6.07, 6.45) is 5.97. The van der Waals surface area contributed by atoms with Crippen LogP contribution in [0.4, 0.5) is 4.39 Å². The van der Waals surface area contributed by atoms with Crippen molar-refractivity contribution >= 4 is 11.3 Å². The number of benzene rings is 1. The monoisotopic (exact) mass is 290 g/mol. The van der Waals surface area contributed by atoms with Crippen molar-refractivity contribution in [2.24, 2.45) is 0 Å². The number of nitrogens with zero attached hydrogens (tertiary/aromatic N) is 1. The van der Waals surface area contributed by atoms with Crippen LogP contribution in [0.5, 0.6) is 0 Å². The van der Waals surface area contributed by atoms with E-state index in [1.165, 1.54) is 47.0 Å². The third kappa shape index (κ3) is 3.44. The van der Waals surface area contributed by atoms with Crippen LogP contribution in [0.15, 0.2) is 24.3 Å². The zero-order chi connectivity index (χ0) is 13.8. The van der Waals surface area contributed by atoms with E-state index in [0.29, 0.717) is 0 Å². The molecule has 2 aromatic rings. The molecule has 4 heteroatoms. The molecule has 0 aliphatic heterocycles. The van der Waals surface area contributed by atoms with Gasteiger partial charge in [0.15, 0.2) is 0 Å². The largest absolute Gasteiger partial charge is 0.312 e. The van der Waals surface area contributed by atoms with Gasteiger partial charge in [-0.25, -0.2) is 9.37 Å². The predicted molar refractivity (Wildman–Crippen MR) is 80.6 cm³/mol. The zero-order valence-electron chi connectivity index (χ0n) is 11.5. The smallest absolute Gasteiger partial charge is 0.123 e. The van der Waals surface area contributed by atoms with E-state index in [9.17, 15) is 4.39 Å². The minimum Gasteiger partial charge on any atom is -0.312 e. The number of hydrogen-bond acceptors (Lipinski definition) is 3. The van der Waals surface area contributed by atoms with E-state index < -0.39 is 0 Å². The summed E-state index contributed by atoms with van der Waals surface area (Å²) in [5.74, 6) is -0.179. The Morgan fingerprint density at radius 1 is 1.15 bits per heavy atom. The molecule has 20 heavy (non-hydrogen) atoms. The third-order valence-electron chi connectivity index (χ3n) is 3.65. The van der Waals surface area contributed by atoms with Crippen LogP contribution in [0.2, 0.25) is 0 Å². The fourth-order valence-electron chi connectivity index (χ4n) is 2.54. The molecule has 1 N–H and O–H groups in total. The Kier molecular flexibility index (Phi) is 4.43. The van der Waals surface area contributed by atoms with Crippen molar-refractivity contribution in [3.05, 3.63) is 51.2 Å². The van der Waals surface area contributed by atoms with E-state index in [1.807, 2.05) is 23.5 Å². The van der Waals surface area contributed by atoms with Gasteiger partial charge >= 0.3 is 0 Å². The highest BCUT2D eigenvalue weighted by Gasteiger charge is 2.14. The van der Waals surface area contributed by atoms with Gasteiger partial charge in [0, 0.05) is 24.4 Å². The van der Waals surface area contributed by atoms with Crippen molar-refractivity contribution in [2.75, 3.05) is 6.54 Å². The van der Waals surface area contributed by atoms with Crippen molar-refractivity contribution in [2.45, 2.75) is 38.6 Å². The summed E-state index contributed by atoms with van der Waals surface area (Å²) in [6, 6.07) is 6.66. The fourth-order valence-corrected chi connectivity index (χ4v) is 3.70. The molecular formula is C16H19FN2S. The molecule has 0 bridgehead atoms. The molecule has 0 radical (unpaired) electrons. The molecule has 0 saturated heterocycles. The van der Waals surface area contributed by atoms with Crippen LogP contribution in [0.25, 0.3) is 0 Å². The summed E-state index contributed by atoms with van der Waals surface area (Å²) in [6.45, 7) is 1.70. The quantitative estimate of drug-likeness (QED) is 0.853. The minimum atomic E-state index is -0.179. The average Bonchev–Trinajstić information content (AvgIpc) is 2.88. The molecule has 0 saturated carbocycles. The number of hydrogen-bond donors (Lipinski definition) is 1. The number of halogens is 1. The van der Waals surface area contributed by atoms with Gasteiger partial charge in [0.1, 0.15) is 5.82 Å². The first-order valence-corrected chi connectivity index (χ1v) is 8.05. The van der Waals surface area contributed by atoms with Gasteiger partial charge in [-0.05, 0) is 43.4 Å². The van der Waals surface area contributed by atoms with E-state index in [1.54, 1.807) is 0 Å². The summed E-state index contributed by atoms with van der Waals surface area (Å²) >= 11 is 1.88. The zero-order valence-corrected chi connectivity index (χ0v) is 12.3. The van der Waals surface area contributed by atoms with E-state index in [4.69, 9.17) is 4.98 Å². The summed E-state index contributed by atoms with van der Waals surface area (Å²) in [4.78, 5) is 6.24. The lowest BCUT2D eigenvalue weighted by Gasteiger charge is -2.06. The predicted octanol–water partition coefficient (Wildman–Crippen LogP) is 3.49. The first kappa shape index (κ1) is 13.7. The van der Waals surface area contributed by atoms with E-state index in [-0.39, 0.29) is 5.82 Å². The van der Waals surface area contributed by atoms with Gasteiger partial charge < -0.3 is 5.32 Å². The maximum Gasteiger partial charge on any atom is 0.123 e. The SMILES string of the molecule is Fc1ccc(CNCCc2nc3c(s2)CCCC3)cc1. The van der Waals surface area contributed by atoms with Crippen molar-refractivity contribution < 1.29 is 4.39 Å². The second-order valence-electron chi connectivity index (χ2n) is 5.24. The average molecular weight is 290 g/mol. The Balaban J connectivity index is 1.45. The first-order valence-electron chi connectivity index (χ1n) is 7.24. The number of aryl methyl sites for hydroxylation is 2. The number of thiazole rings is 1. The molecule has 0 fully saturated rings. The maximum absolute atomic E-state index is 12.8. The second kappa shape index (κ2) is 6.46. The highest BCUT2D eigenvalue weighted by Crippen LogP contribution is 2.26. The Morgan fingerprint density at radius 3 is 2.75 bits per heavy atom. The molecule has 1 aromatic heterocycles. The van der Waals surface area contributed by atoms with Crippen LogP contribution in [0, 0.1) is 5.82 Å². The Morgan fingerprint density at radius 2 is 1.95 bits per heavy atom. The van der Waals surface area contributed by atoms with Crippen molar-refractivity contribution in [1.82, 2.24) is 10.3 Å². The number of nitrogens with one attached hydrogen (secondary N) is 1. The van der Waals surface area contributed by atoms with Gasteiger partial charge in [-0.15, -0.1) is 11.3 Å². The molecule has 0 amide bonds. The van der Waals surface area contributed by atoms with Crippen LogP contribution in [-0.4, -0.2) is 11.5 Å². The Labute approximate surface area is 123 Å². The topological polar surface area (TPSA) is 24.9 Å². The normalized spacial score (nSPS) is 14.2. The molecular weight excluding hydrogens is 271 g/mol. The van der Waals surface area contributed by atoms with E-state index in [0.717, 1.165) is 31.5 Å². The van der Waals surface area contributed by atoms with Crippen LogP contribution in [0.3, 0.4) is 0 Å². The highest BCUT2D eigenvalue weighted by molar-refractivity contribution is 7.11. The minimum absolute atomic E-state index is 0.179. The highest BCUT2D eigenvalue weighted by atomic mass is 32.1. The van der Waals surface area contributed by atoms with Gasteiger partial charge in [-0.1, -0.05) is 12.1 Å². The molecule has 0 spiro atoms. The standard InChI is InChI=1S/C16H19FN2S/c17-13-7-5-12(6-8-13)11-18-10-9-16-19-14-3-1-2-4-15(14)20-16/h5-8,18H,1-4,9-11H2. The molecule has 0 unspecified atom stereocenters. The van der Waals surface area contributed by atoms with Crippen LogP contribution < -0.4 is 5.32 Å². The van der Waals surface area contributed by atoms with E-state index in [2.05, 4.69) is 5.32 Å². The van der Waals surface area contributed by atoms with Gasteiger partial charge in [-0.3, -0.25) is 0 Å². The maximum atomic E-state index is 12.8. The van der Waals surface area contributed by atoms with Crippen LogP contribution in [-0.2, 0) is 25.8 Å². The number of aromatic nitrogens is 1. The summed E-state index contributed by atoms with van der Waals surface area (Å²) < 4.78 is 12.8. The van der Waals surface area contributed by atoms with Crippen LogP contribution >= 0.6 is 11.3 Å². The van der Waals surface area contributed by atoms with Gasteiger partial charge in [0.2, 0.25) is 0 Å². The molecule has 1 aliphatic carbocycles. The Hall–Kier alpha value is -1.26. The molecule has 3 rings (SSSR count). The van der Waals surface area contributed by atoms with Crippen molar-refractivity contribution in [3.63, 3.8) is 0 Å². The molecule has 1 aliphatic rings. The molecule has 1 aromatic carbocycles. The number of rotatable bonds is 5. The summed E-state index contributed by atoms with van der Waals surface area (Å²) in [5.41, 5.74) is 2.46. The summed E-state index contributed by atoms with van der Waals surface area (Å²) in [5, 5.41) is 4.65. The molecule has 2 nitrogen and oxygen atoms in total. The number of fused-ring (bicyclic) bond motifs is 1. The lowest BCUT2D eigenvalue weighted by molar-refractivity contribution is 0.624. The van der Waals surface area contributed by atoms with Gasteiger partial charge in [0.25, 0.3) is 0 Å². The van der Waals surface area contributed by atoms with Crippen molar-refractivity contribution in [3.8, 4) is 0 Å². The van der Waals surface area contributed by atoms with Crippen LogP contribution in [0.1, 0.15) is 34.0 Å². The Bertz CT molecular complexity index is 539. The van der Waals surface area contributed by atoms with Gasteiger partial charge in [0.05, 0.1) is 10.7 Å². The summed E-state index contributed by atoms with van der Waals surface area (Å²) in [7, 11) is 0. The lowest BCUT2D eigenvalue weighted by atomic mass is 10.0. The lowest BCUT2D eigenvalue weighted by Crippen LogP contribution is -2.16. The first-order chi connectivity index (χ1) is 9.81. The molecule has 0 atom stereocenters. The van der Waals surface area contributed by atoms with E-state index >= 15 is 0 Å². The second-order valence-corrected chi connectivity index (χ2v) is 6.41. The fraction of sp³-hybridized carbons (Fsp3) is 0.438. The van der Waals surface area contributed by atoms with Gasteiger partial charge in [-0.2, -0.15) is 0 Å². The molecule has 106 valence electrons. The van der Waals surface area contributed by atoms with Crippen molar-refractivity contribution in [1.29, 1.82) is 0 Å². The molecule has 1 heterocycles.